The van der Waals surface area contributed by atoms with Crippen molar-refractivity contribution in [3.8, 4) is 0 Å². The van der Waals surface area contributed by atoms with Gasteiger partial charge in [-0.05, 0) is 76.3 Å². The number of carbonyl (C=O) groups is 2. The topological polar surface area (TPSA) is 53.1 Å². The Morgan fingerprint density at radius 2 is 1.67 bits per heavy atom. The van der Waals surface area contributed by atoms with Crippen LogP contribution in [0, 0.1) is 17.8 Å². The average Bonchev–Trinajstić information content (AvgIpc) is 2.74. The van der Waals surface area contributed by atoms with E-state index in [1.54, 1.807) is 0 Å². The highest BCUT2D eigenvalue weighted by Gasteiger charge is 2.50. The summed E-state index contributed by atoms with van der Waals surface area (Å²) in [5.41, 5.74) is 0. The summed E-state index contributed by atoms with van der Waals surface area (Å²) in [6.07, 6.45) is 11.0. The van der Waals surface area contributed by atoms with Gasteiger partial charge in [0.15, 0.2) is 0 Å². The molecule has 0 N–H and O–H groups in total. The van der Waals surface area contributed by atoms with Crippen LogP contribution in [-0.4, -0.2) is 84.5 Å². The lowest BCUT2D eigenvalue weighted by Gasteiger charge is -2.58. The molecular weight excluding hydrogens is 378 g/mol. The van der Waals surface area contributed by atoms with E-state index in [-0.39, 0.29) is 11.8 Å². The summed E-state index contributed by atoms with van der Waals surface area (Å²) in [5.74, 6) is 2.26. The SMILES string of the molecule is O=C(CCC[C@@H]1[C@H]2CCCN3CCC[C@@H](CN1C(=O)C1CCC1)[C@@H]23)N1CCOCC1. The molecule has 6 nitrogen and oxygen atoms in total. The van der Waals surface area contributed by atoms with Gasteiger partial charge in [0.05, 0.1) is 13.2 Å². The van der Waals surface area contributed by atoms with Crippen LogP contribution in [0.5, 0.6) is 0 Å². The van der Waals surface area contributed by atoms with E-state index in [2.05, 4.69) is 9.80 Å². The highest BCUT2D eigenvalue weighted by atomic mass is 16.5. The fraction of sp³-hybridized carbons (Fsp3) is 0.917. The zero-order valence-electron chi connectivity index (χ0n) is 18.5. The van der Waals surface area contributed by atoms with Crippen LogP contribution in [0.15, 0.2) is 0 Å². The molecule has 5 fully saturated rings. The minimum atomic E-state index is 0.270. The lowest BCUT2D eigenvalue weighted by molar-refractivity contribution is -0.153. The van der Waals surface area contributed by atoms with Crippen molar-refractivity contribution >= 4 is 11.8 Å². The molecule has 168 valence electrons. The first kappa shape index (κ1) is 20.7. The van der Waals surface area contributed by atoms with Crippen LogP contribution in [0.4, 0.5) is 0 Å². The molecule has 1 aliphatic carbocycles. The maximum Gasteiger partial charge on any atom is 0.225 e. The minimum absolute atomic E-state index is 0.270. The Bertz CT molecular complexity index is 629. The molecule has 4 saturated heterocycles. The maximum atomic E-state index is 13.4. The van der Waals surface area contributed by atoms with Crippen molar-refractivity contribution in [3.63, 3.8) is 0 Å². The standard InChI is InChI=1S/C24H39N3O3/c28-22(25-13-15-30-16-14-25)10-2-9-21-20-8-4-12-26-11-3-7-19(23(20)26)17-27(21)24(29)18-5-1-6-18/h18-21,23H,1-17H2/t19-,20+,21+,23-/m0/s1. The van der Waals surface area contributed by atoms with Gasteiger partial charge >= 0.3 is 0 Å². The van der Waals surface area contributed by atoms with E-state index in [0.29, 0.717) is 49.5 Å². The lowest BCUT2D eigenvalue weighted by atomic mass is 9.68. The molecule has 0 radical (unpaired) electrons. The van der Waals surface area contributed by atoms with Crippen molar-refractivity contribution < 1.29 is 14.3 Å². The van der Waals surface area contributed by atoms with Crippen LogP contribution in [0.2, 0.25) is 0 Å². The molecule has 4 atom stereocenters. The van der Waals surface area contributed by atoms with E-state index >= 15 is 0 Å². The number of ether oxygens (including phenoxy) is 1. The summed E-state index contributed by atoms with van der Waals surface area (Å²) in [6, 6.07) is 1.02. The lowest BCUT2D eigenvalue weighted by Crippen LogP contribution is -2.66. The Morgan fingerprint density at radius 3 is 2.40 bits per heavy atom. The van der Waals surface area contributed by atoms with E-state index < -0.39 is 0 Å². The molecule has 0 spiro atoms. The monoisotopic (exact) mass is 417 g/mol. The quantitative estimate of drug-likeness (QED) is 0.690. The second-order valence-corrected chi connectivity index (χ2v) is 10.3. The van der Waals surface area contributed by atoms with Gasteiger partial charge in [-0.25, -0.2) is 0 Å². The normalized spacial score (nSPS) is 34.9. The average molecular weight is 418 g/mol. The molecule has 0 aromatic heterocycles. The van der Waals surface area contributed by atoms with Gasteiger partial charge in [0.25, 0.3) is 0 Å². The summed E-state index contributed by atoms with van der Waals surface area (Å²) < 4.78 is 5.38. The number of hydrogen-bond donors (Lipinski definition) is 0. The zero-order chi connectivity index (χ0) is 20.5. The fourth-order valence-corrected chi connectivity index (χ4v) is 6.94. The highest BCUT2D eigenvalue weighted by molar-refractivity contribution is 5.80. The number of likely N-dealkylation sites (tertiary alicyclic amines) is 1. The van der Waals surface area contributed by atoms with Gasteiger partial charge < -0.3 is 14.5 Å². The van der Waals surface area contributed by atoms with Crippen molar-refractivity contribution in [3.05, 3.63) is 0 Å². The second kappa shape index (κ2) is 9.15. The first-order valence-electron chi connectivity index (χ1n) is 12.6. The third kappa shape index (κ3) is 4.02. The predicted molar refractivity (Wildman–Crippen MR) is 115 cm³/mol. The van der Waals surface area contributed by atoms with E-state index in [0.717, 1.165) is 45.3 Å². The van der Waals surface area contributed by atoms with Crippen LogP contribution in [0.25, 0.3) is 0 Å². The molecular formula is C24H39N3O3. The molecule has 5 aliphatic rings. The molecule has 5 rings (SSSR count). The van der Waals surface area contributed by atoms with E-state index in [1.165, 1.54) is 45.2 Å². The van der Waals surface area contributed by atoms with Gasteiger partial charge in [0.1, 0.15) is 0 Å². The van der Waals surface area contributed by atoms with Gasteiger partial charge in [-0.2, -0.15) is 0 Å². The summed E-state index contributed by atoms with van der Waals surface area (Å²) in [6.45, 7) is 6.26. The van der Waals surface area contributed by atoms with Crippen LogP contribution in [-0.2, 0) is 14.3 Å². The highest BCUT2D eigenvalue weighted by Crippen LogP contribution is 2.44. The van der Waals surface area contributed by atoms with E-state index in [1.807, 2.05) is 4.90 Å². The van der Waals surface area contributed by atoms with Crippen molar-refractivity contribution in [1.29, 1.82) is 0 Å². The molecule has 0 bridgehead atoms. The largest absolute Gasteiger partial charge is 0.378 e. The number of morpholine rings is 1. The summed E-state index contributed by atoms with van der Waals surface area (Å²) in [7, 11) is 0. The Labute approximate surface area is 181 Å². The molecule has 30 heavy (non-hydrogen) atoms. The summed E-state index contributed by atoms with van der Waals surface area (Å²) in [4.78, 5) is 33.1. The molecule has 0 aromatic rings. The van der Waals surface area contributed by atoms with Crippen LogP contribution >= 0.6 is 0 Å². The van der Waals surface area contributed by atoms with Crippen molar-refractivity contribution in [1.82, 2.24) is 14.7 Å². The van der Waals surface area contributed by atoms with Crippen LogP contribution in [0.3, 0.4) is 0 Å². The number of hydrogen-bond acceptors (Lipinski definition) is 4. The molecule has 2 amide bonds. The van der Waals surface area contributed by atoms with Crippen LogP contribution < -0.4 is 0 Å². The van der Waals surface area contributed by atoms with Gasteiger partial charge in [-0.15, -0.1) is 0 Å². The summed E-state index contributed by atoms with van der Waals surface area (Å²) >= 11 is 0. The number of carbonyl (C=O) groups excluding carboxylic acids is 2. The maximum absolute atomic E-state index is 13.4. The molecule has 0 aromatic carbocycles. The Kier molecular flexibility index (Phi) is 6.33. The van der Waals surface area contributed by atoms with Gasteiger partial charge in [-0.1, -0.05) is 6.42 Å². The number of nitrogens with zero attached hydrogens (tertiary/aromatic N) is 3. The van der Waals surface area contributed by atoms with Gasteiger partial charge in [0.2, 0.25) is 11.8 Å². The first-order valence-corrected chi connectivity index (χ1v) is 12.6. The minimum Gasteiger partial charge on any atom is -0.378 e. The van der Waals surface area contributed by atoms with E-state index in [9.17, 15) is 9.59 Å². The summed E-state index contributed by atoms with van der Waals surface area (Å²) in [5, 5.41) is 0. The van der Waals surface area contributed by atoms with Crippen LogP contribution in [0.1, 0.15) is 64.2 Å². The second-order valence-electron chi connectivity index (χ2n) is 10.3. The molecule has 4 aliphatic heterocycles. The van der Waals surface area contributed by atoms with Crippen molar-refractivity contribution in [2.24, 2.45) is 17.8 Å². The third-order valence-electron chi connectivity index (χ3n) is 8.66. The fourth-order valence-electron chi connectivity index (χ4n) is 6.94. The zero-order valence-corrected chi connectivity index (χ0v) is 18.5. The predicted octanol–water partition coefficient (Wildman–Crippen LogP) is 2.52. The smallest absolute Gasteiger partial charge is 0.225 e. The van der Waals surface area contributed by atoms with Gasteiger partial charge in [-0.3, -0.25) is 14.5 Å². The number of rotatable bonds is 5. The van der Waals surface area contributed by atoms with Gasteiger partial charge in [0, 0.05) is 44.1 Å². The first-order chi connectivity index (χ1) is 14.7. The molecule has 4 heterocycles. The Morgan fingerprint density at radius 1 is 0.900 bits per heavy atom. The third-order valence-corrected chi connectivity index (χ3v) is 8.66. The van der Waals surface area contributed by atoms with Crippen molar-refractivity contribution in [2.45, 2.75) is 76.3 Å². The van der Waals surface area contributed by atoms with Crippen molar-refractivity contribution in [2.75, 3.05) is 45.9 Å². The number of amides is 2. The molecule has 0 unspecified atom stereocenters. The van der Waals surface area contributed by atoms with E-state index in [4.69, 9.17) is 4.74 Å². The molecule has 6 heteroatoms. The Balaban J connectivity index is 1.27. The number of piperidine rings is 3. The Hall–Kier alpha value is -1.14. The molecule has 1 saturated carbocycles.